The fourth-order valence-electron chi connectivity index (χ4n) is 3.85. The minimum Gasteiger partial charge on any atom is -0.369 e. The van der Waals surface area contributed by atoms with Gasteiger partial charge < -0.3 is 5.73 Å². The summed E-state index contributed by atoms with van der Waals surface area (Å²) in [4.78, 5) is 4.63. The summed E-state index contributed by atoms with van der Waals surface area (Å²) in [6.07, 6.45) is 8.73. The van der Waals surface area contributed by atoms with E-state index in [9.17, 15) is 0 Å². The number of aryl methyl sites for hydroxylation is 2. The number of nitrogens with zero attached hydrogens (tertiary/aromatic N) is 4. The molecule has 0 radical (unpaired) electrons. The van der Waals surface area contributed by atoms with E-state index in [0.717, 1.165) is 29.7 Å². The Balaban J connectivity index is 2.03. The summed E-state index contributed by atoms with van der Waals surface area (Å²) in [6, 6.07) is 0.403. The number of fused-ring (bicyclic) bond motifs is 1. The summed E-state index contributed by atoms with van der Waals surface area (Å²) in [5.41, 5.74) is 9.42. The maximum Gasteiger partial charge on any atom is 0.202 e. The van der Waals surface area contributed by atoms with Gasteiger partial charge >= 0.3 is 0 Å². The van der Waals surface area contributed by atoms with Gasteiger partial charge in [0.2, 0.25) is 5.95 Å². The number of rotatable bonds is 4. The van der Waals surface area contributed by atoms with Crippen LogP contribution in [0.5, 0.6) is 0 Å². The largest absolute Gasteiger partial charge is 0.369 e. The Labute approximate surface area is 126 Å². The van der Waals surface area contributed by atoms with Gasteiger partial charge in [0.25, 0.3) is 0 Å². The number of hydrogen-bond donors (Lipinski definition) is 1. The van der Waals surface area contributed by atoms with Crippen LogP contribution in [0.4, 0.5) is 5.95 Å². The van der Waals surface area contributed by atoms with Crippen LogP contribution in [-0.4, -0.2) is 19.3 Å². The second kappa shape index (κ2) is 5.70. The van der Waals surface area contributed by atoms with Crippen LogP contribution < -0.4 is 5.73 Å². The summed E-state index contributed by atoms with van der Waals surface area (Å²) in [5, 5.41) is 4.65. The van der Waals surface area contributed by atoms with E-state index in [0.29, 0.717) is 17.9 Å². The van der Waals surface area contributed by atoms with Crippen LogP contribution in [0.1, 0.15) is 64.1 Å². The zero-order chi connectivity index (χ0) is 15.0. The molecule has 21 heavy (non-hydrogen) atoms. The van der Waals surface area contributed by atoms with Crippen molar-refractivity contribution in [3.8, 4) is 0 Å². The van der Waals surface area contributed by atoms with E-state index in [4.69, 9.17) is 5.73 Å². The monoisotopic (exact) mass is 289 g/mol. The fraction of sp³-hybridized carbons (Fsp3) is 0.750. The van der Waals surface area contributed by atoms with Crippen LogP contribution in [-0.2, 0) is 13.5 Å². The van der Waals surface area contributed by atoms with E-state index in [-0.39, 0.29) is 0 Å². The highest BCUT2D eigenvalue weighted by Crippen LogP contribution is 2.36. The molecule has 0 amide bonds. The molecule has 116 valence electrons. The van der Waals surface area contributed by atoms with Crippen LogP contribution in [0.25, 0.3) is 11.2 Å². The highest BCUT2D eigenvalue weighted by molar-refractivity contribution is 5.78. The lowest BCUT2D eigenvalue weighted by atomic mass is 9.84. The molecule has 2 aromatic rings. The zero-order valence-electron chi connectivity index (χ0n) is 13.5. The Morgan fingerprint density at radius 1 is 1.29 bits per heavy atom. The number of nitrogens with two attached hydrogens (primary N) is 1. The molecule has 2 heterocycles. The third-order valence-corrected chi connectivity index (χ3v) is 4.99. The smallest absolute Gasteiger partial charge is 0.202 e. The van der Waals surface area contributed by atoms with E-state index in [1.807, 2.05) is 11.7 Å². The Morgan fingerprint density at radius 2 is 2.00 bits per heavy atom. The number of hydrogen-bond acceptors (Lipinski definition) is 3. The van der Waals surface area contributed by atoms with Crippen molar-refractivity contribution < 1.29 is 0 Å². The Morgan fingerprint density at radius 3 is 2.67 bits per heavy atom. The van der Waals surface area contributed by atoms with Crippen molar-refractivity contribution in [2.45, 2.75) is 64.8 Å². The molecule has 3 rings (SSSR count). The topological polar surface area (TPSA) is 61.7 Å². The molecule has 1 aliphatic rings. The number of nitrogen functional groups attached to an aromatic ring is 1. The molecule has 1 unspecified atom stereocenters. The minimum atomic E-state index is 0.403. The zero-order valence-corrected chi connectivity index (χ0v) is 13.5. The first-order valence-electron chi connectivity index (χ1n) is 8.32. The highest BCUT2D eigenvalue weighted by atomic mass is 15.4. The summed E-state index contributed by atoms with van der Waals surface area (Å²) >= 11 is 0. The molecule has 1 aliphatic carbocycles. The van der Waals surface area contributed by atoms with E-state index in [1.165, 1.54) is 32.1 Å². The van der Waals surface area contributed by atoms with Crippen molar-refractivity contribution in [2.75, 3.05) is 5.73 Å². The molecule has 0 bridgehead atoms. The molecular weight excluding hydrogens is 262 g/mol. The molecule has 0 aromatic carbocycles. The number of imidazole rings is 1. The first kappa shape index (κ1) is 14.4. The molecule has 0 saturated heterocycles. The highest BCUT2D eigenvalue weighted by Gasteiger charge is 2.27. The molecule has 1 fully saturated rings. The van der Waals surface area contributed by atoms with Gasteiger partial charge in [0.1, 0.15) is 5.52 Å². The van der Waals surface area contributed by atoms with Gasteiger partial charge in [-0.2, -0.15) is 5.10 Å². The summed E-state index contributed by atoms with van der Waals surface area (Å²) in [5.74, 6) is 1.36. The summed E-state index contributed by atoms with van der Waals surface area (Å²) in [7, 11) is 2.01. The second-order valence-corrected chi connectivity index (χ2v) is 6.47. The van der Waals surface area contributed by atoms with Crippen molar-refractivity contribution >= 4 is 17.1 Å². The van der Waals surface area contributed by atoms with E-state index < -0.39 is 0 Å². The first-order valence-corrected chi connectivity index (χ1v) is 8.32. The lowest BCUT2D eigenvalue weighted by Gasteiger charge is -2.29. The third kappa shape index (κ3) is 2.43. The predicted octanol–water partition coefficient (Wildman–Crippen LogP) is 3.45. The molecule has 0 aliphatic heterocycles. The second-order valence-electron chi connectivity index (χ2n) is 6.47. The van der Waals surface area contributed by atoms with Crippen molar-refractivity contribution in [3.05, 3.63) is 5.69 Å². The van der Waals surface area contributed by atoms with Gasteiger partial charge in [-0.3, -0.25) is 9.25 Å². The summed E-state index contributed by atoms with van der Waals surface area (Å²) < 4.78 is 4.18. The van der Waals surface area contributed by atoms with Crippen LogP contribution in [0.15, 0.2) is 0 Å². The number of aromatic nitrogens is 4. The van der Waals surface area contributed by atoms with Crippen molar-refractivity contribution in [2.24, 2.45) is 13.0 Å². The van der Waals surface area contributed by atoms with Crippen LogP contribution in [0.3, 0.4) is 0 Å². The number of anilines is 1. The average molecular weight is 289 g/mol. The van der Waals surface area contributed by atoms with Crippen LogP contribution in [0, 0.1) is 5.92 Å². The molecule has 1 saturated carbocycles. The molecular formula is C16H27N5. The normalized spacial score (nSPS) is 18.4. The predicted molar refractivity (Wildman–Crippen MR) is 86.2 cm³/mol. The van der Waals surface area contributed by atoms with E-state index in [2.05, 4.69) is 28.5 Å². The van der Waals surface area contributed by atoms with Gasteiger partial charge in [-0.1, -0.05) is 32.6 Å². The first-order chi connectivity index (χ1) is 10.1. The van der Waals surface area contributed by atoms with Crippen LogP contribution >= 0.6 is 0 Å². The standard InChI is InChI=1S/C16H27N5/c1-4-8-13-14-15(20(3)19-13)21(16(17)18-14)11(2)12-9-6-5-7-10-12/h11-12H,4-10H2,1-3H3,(H2,17,18). The van der Waals surface area contributed by atoms with Gasteiger partial charge in [0.15, 0.2) is 5.65 Å². The van der Waals surface area contributed by atoms with Gasteiger partial charge in [-0.05, 0) is 32.1 Å². The molecule has 0 spiro atoms. The Bertz CT molecular complexity index is 618. The quantitative estimate of drug-likeness (QED) is 0.937. The van der Waals surface area contributed by atoms with Crippen molar-refractivity contribution in [1.29, 1.82) is 0 Å². The van der Waals surface area contributed by atoms with Gasteiger partial charge in [0, 0.05) is 13.1 Å². The van der Waals surface area contributed by atoms with E-state index >= 15 is 0 Å². The van der Waals surface area contributed by atoms with Gasteiger partial charge in [-0.25, -0.2) is 4.98 Å². The fourth-order valence-corrected chi connectivity index (χ4v) is 3.85. The van der Waals surface area contributed by atoms with Crippen molar-refractivity contribution in [1.82, 2.24) is 19.3 Å². The molecule has 2 N–H and O–H groups in total. The van der Waals surface area contributed by atoms with E-state index in [1.54, 1.807) is 0 Å². The molecule has 1 atom stereocenters. The minimum absolute atomic E-state index is 0.403. The SMILES string of the molecule is CCCc1nn(C)c2c1nc(N)n2C(C)C1CCCCC1. The Kier molecular flexibility index (Phi) is 3.91. The van der Waals surface area contributed by atoms with Crippen LogP contribution in [0.2, 0.25) is 0 Å². The average Bonchev–Trinajstić information content (AvgIpc) is 2.97. The Hall–Kier alpha value is -1.52. The maximum absolute atomic E-state index is 6.25. The lowest BCUT2D eigenvalue weighted by molar-refractivity contribution is 0.268. The molecule has 5 nitrogen and oxygen atoms in total. The van der Waals surface area contributed by atoms with Crippen molar-refractivity contribution in [3.63, 3.8) is 0 Å². The lowest BCUT2D eigenvalue weighted by Crippen LogP contribution is -2.21. The maximum atomic E-state index is 6.25. The van der Waals surface area contributed by atoms with Gasteiger partial charge in [-0.15, -0.1) is 0 Å². The molecule has 2 aromatic heterocycles. The third-order valence-electron chi connectivity index (χ3n) is 4.99. The summed E-state index contributed by atoms with van der Waals surface area (Å²) in [6.45, 7) is 4.46. The van der Waals surface area contributed by atoms with Gasteiger partial charge in [0.05, 0.1) is 5.69 Å². The molecule has 5 heteroatoms.